The molecule has 0 radical (unpaired) electrons. The molecule has 0 saturated carbocycles. The van der Waals surface area contributed by atoms with Gasteiger partial charge in [0.15, 0.2) is 6.61 Å². The van der Waals surface area contributed by atoms with Gasteiger partial charge in [0.1, 0.15) is 6.26 Å². The number of esters is 1. The van der Waals surface area contributed by atoms with E-state index in [1.54, 1.807) is 6.92 Å². The first-order chi connectivity index (χ1) is 5.83. The van der Waals surface area contributed by atoms with E-state index in [4.69, 9.17) is 4.74 Å². The molecule has 1 rings (SSSR count). The van der Waals surface area contributed by atoms with Crippen molar-refractivity contribution in [2.24, 2.45) is 0 Å². The van der Waals surface area contributed by atoms with E-state index in [9.17, 15) is 4.79 Å². The Kier molecular flexibility index (Phi) is 3.13. The molecule has 0 aliphatic carbocycles. The molecule has 1 heterocycles. The van der Waals surface area contributed by atoms with Crippen LogP contribution >= 0.6 is 0 Å². The van der Waals surface area contributed by atoms with Gasteiger partial charge in [-0.05, 0) is 12.1 Å². The van der Waals surface area contributed by atoms with Crippen molar-refractivity contribution in [3.63, 3.8) is 0 Å². The molecule has 0 aliphatic heterocycles. The van der Waals surface area contributed by atoms with Crippen molar-refractivity contribution in [2.75, 3.05) is 13.2 Å². The molecule has 1 aromatic rings. The Bertz CT molecular complexity index is 232. The first kappa shape index (κ1) is 8.58. The molecule has 66 valence electrons. The Morgan fingerprint density at radius 2 is 2.58 bits per heavy atom. The maximum absolute atomic E-state index is 10.7. The van der Waals surface area contributed by atoms with Gasteiger partial charge in [-0.25, -0.2) is 4.79 Å². The lowest BCUT2D eigenvalue weighted by atomic mass is 10.6. The van der Waals surface area contributed by atoms with Crippen LogP contribution in [0.15, 0.2) is 16.9 Å². The van der Waals surface area contributed by atoms with Crippen molar-refractivity contribution in [1.29, 1.82) is 0 Å². The summed E-state index contributed by atoms with van der Waals surface area (Å²) in [6, 6.07) is 1.51. The van der Waals surface area contributed by atoms with Crippen molar-refractivity contribution < 1.29 is 18.8 Å². The lowest BCUT2D eigenvalue weighted by Crippen LogP contribution is -2.14. The fourth-order valence-electron chi connectivity index (χ4n) is 0.611. The molecule has 0 spiro atoms. The zero-order valence-corrected chi connectivity index (χ0v) is 6.65. The Labute approximate surface area is 69.2 Å². The van der Waals surface area contributed by atoms with Gasteiger partial charge in [0, 0.05) is 6.07 Å². The van der Waals surface area contributed by atoms with Crippen LogP contribution in [0.4, 0.5) is 0 Å². The zero-order chi connectivity index (χ0) is 8.81. The molecular formula is C7H9NO4. The SMILES string of the molecule is CCOC(=O)COc1ccon1. The molecule has 12 heavy (non-hydrogen) atoms. The molecule has 5 heteroatoms. The topological polar surface area (TPSA) is 61.6 Å². The molecule has 0 unspecified atom stereocenters. The van der Waals surface area contributed by atoms with Gasteiger partial charge in [-0.15, -0.1) is 0 Å². The Hall–Kier alpha value is -1.52. The van der Waals surface area contributed by atoms with Gasteiger partial charge >= 0.3 is 5.97 Å². The van der Waals surface area contributed by atoms with Gasteiger partial charge in [0.2, 0.25) is 0 Å². The maximum Gasteiger partial charge on any atom is 0.344 e. The van der Waals surface area contributed by atoms with E-state index < -0.39 is 5.97 Å². The van der Waals surface area contributed by atoms with E-state index in [0.717, 1.165) is 0 Å². The summed E-state index contributed by atoms with van der Waals surface area (Å²) in [7, 11) is 0. The summed E-state index contributed by atoms with van der Waals surface area (Å²) in [6.45, 7) is 1.94. The first-order valence-electron chi connectivity index (χ1n) is 3.51. The van der Waals surface area contributed by atoms with Crippen LogP contribution < -0.4 is 4.74 Å². The summed E-state index contributed by atoms with van der Waals surface area (Å²) in [5.41, 5.74) is 0. The first-order valence-corrected chi connectivity index (χ1v) is 3.51. The minimum absolute atomic E-state index is 0.139. The predicted molar refractivity (Wildman–Crippen MR) is 38.6 cm³/mol. The van der Waals surface area contributed by atoms with Gasteiger partial charge in [0.05, 0.1) is 6.61 Å². The molecule has 0 bridgehead atoms. The Morgan fingerprint density at radius 1 is 1.75 bits per heavy atom. The van der Waals surface area contributed by atoms with Crippen LogP contribution in [0.5, 0.6) is 5.88 Å². The third-order valence-electron chi connectivity index (χ3n) is 1.06. The Balaban J connectivity index is 2.22. The summed E-state index contributed by atoms with van der Waals surface area (Å²) in [5.74, 6) is -0.136. The van der Waals surface area contributed by atoms with Crippen molar-refractivity contribution in [1.82, 2.24) is 5.16 Å². The summed E-state index contributed by atoms with van der Waals surface area (Å²) in [5, 5.41) is 3.44. The highest BCUT2D eigenvalue weighted by Gasteiger charge is 2.03. The van der Waals surface area contributed by atoms with Crippen molar-refractivity contribution in [3.05, 3.63) is 12.3 Å². The molecule has 0 atom stereocenters. The number of aromatic nitrogens is 1. The van der Waals surface area contributed by atoms with E-state index in [0.29, 0.717) is 6.61 Å². The van der Waals surface area contributed by atoms with Gasteiger partial charge in [0.25, 0.3) is 5.88 Å². The average Bonchev–Trinajstić information content (AvgIpc) is 2.53. The van der Waals surface area contributed by atoms with Crippen LogP contribution in [-0.4, -0.2) is 24.3 Å². The number of hydrogen-bond donors (Lipinski definition) is 0. The number of hydrogen-bond acceptors (Lipinski definition) is 5. The summed E-state index contributed by atoms with van der Waals surface area (Å²) in [4.78, 5) is 10.7. The zero-order valence-electron chi connectivity index (χ0n) is 6.65. The number of carbonyl (C=O) groups is 1. The third kappa shape index (κ3) is 2.61. The minimum atomic E-state index is -0.416. The molecular weight excluding hydrogens is 162 g/mol. The van der Waals surface area contributed by atoms with E-state index in [2.05, 4.69) is 14.4 Å². The molecule has 0 aliphatic rings. The van der Waals surface area contributed by atoms with E-state index in [1.807, 2.05) is 0 Å². The lowest BCUT2D eigenvalue weighted by Gasteiger charge is -2.00. The smallest absolute Gasteiger partial charge is 0.344 e. The second-order valence-corrected chi connectivity index (χ2v) is 1.93. The van der Waals surface area contributed by atoms with Gasteiger partial charge < -0.3 is 14.0 Å². The normalized spacial score (nSPS) is 9.42. The second kappa shape index (κ2) is 4.38. The fraction of sp³-hybridized carbons (Fsp3) is 0.429. The van der Waals surface area contributed by atoms with Crippen LogP contribution in [0.2, 0.25) is 0 Å². The van der Waals surface area contributed by atoms with Gasteiger partial charge in [-0.2, -0.15) is 0 Å². The quantitative estimate of drug-likeness (QED) is 0.621. The second-order valence-electron chi connectivity index (χ2n) is 1.93. The molecule has 0 aromatic carbocycles. The maximum atomic E-state index is 10.7. The largest absolute Gasteiger partial charge is 0.463 e. The van der Waals surface area contributed by atoms with Gasteiger partial charge in [-0.3, -0.25) is 0 Å². The highest BCUT2D eigenvalue weighted by Crippen LogP contribution is 2.03. The summed E-state index contributed by atoms with van der Waals surface area (Å²) in [6.07, 6.45) is 1.36. The predicted octanol–water partition coefficient (Wildman–Crippen LogP) is 0.617. The number of carbonyl (C=O) groups excluding carboxylic acids is 1. The van der Waals surface area contributed by atoms with Crippen molar-refractivity contribution in [2.45, 2.75) is 6.92 Å². The third-order valence-corrected chi connectivity index (χ3v) is 1.06. The molecule has 0 amide bonds. The fourth-order valence-corrected chi connectivity index (χ4v) is 0.611. The van der Waals surface area contributed by atoms with E-state index in [-0.39, 0.29) is 12.5 Å². The number of rotatable bonds is 4. The number of ether oxygens (including phenoxy) is 2. The highest BCUT2D eigenvalue weighted by molar-refractivity contribution is 5.70. The molecule has 0 saturated heterocycles. The van der Waals surface area contributed by atoms with E-state index >= 15 is 0 Å². The van der Waals surface area contributed by atoms with Crippen LogP contribution in [-0.2, 0) is 9.53 Å². The standard InChI is InChI=1S/C7H9NO4/c1-2-10-7(9)5-11-6-3-4-12-8-6/h3-4H,2,5H2,1H3. The minimum Gasteiger partial charge on any atom is -0.463 e. The summed E-state index contributed by atoms with van der Waals surface area (Å²) < 4.78 is 14.0. The summed E-state index contributed by atoms with van der Waals surface area (Å²) >= 11 is 0. The van der Waals surface area contributed by atoms with Crippen molar-refractivity contribution >= 4 is 5.97 Å². The van der Waals surface area contributed by atoms with Crippen LogP contribution in [0.3, 0.4) is 0 Å². The molecule has 5 nitrogen and oxygen atoms in total. The molecule has 1 aromatic heterocycles. The highest BCUT2D eigenvalue weighted by atomic mass is 16.6. The van der Waals surface area contributed by atoms with Crippen molar-refractivity contribution in [3.8, 4) is 5.88 Å². The van der Waals surface area contributed by atoms with Crippen LogP contribution in [0.1, 0.15) is 6.92 Å². The van der Waals surface area contributed by atoms with Crippen LogP contribution in [0, 0.1) is 0 Å². The average molecular weight is 171 g/mol. The van der Waals surface area contributed by atoms with Gasteiger partial charge in [-0.1, -0.05) is 0 Å². The van der Waals surface area contributed by atoms with Crippen LogP contribution in [0.25, 0.3) is 0 Å². The molecule has 0 fully saturated rings. The monoisotopic (exact) mass is 171 g/mol. The lowest BCUT2D eigenvalue weighted by molar-refractivity contribution is -0.145. The number of nitrogens with zero attached hydrogens (tertiary/aromatic N) is 1. The Morgan fingerprint density at radius 3 is 3.17 bits per heavy atom. The van der Waals surface area contributed by atoms with E-state index in [1.165, 1.54) is 12.3 Å². The molecule has 0 N–H and O–H groups in total.